The predicted octanol–water partition coefficient (Wildman–Crippen LogP) is 3.79. The maximum atomic E-state index is 12.5. The Balaban J connectivity index is 1.81. The molecule has 7 nitrogen and oxygen atoms in total. The number of amides is 1. The van der Waals surface area contributed by atoms with Crippen LogP contribution < -0.4 is 5.32 Å². The van der Waals surface area contributed by atoms with Crippen LogP contribution >= 0.6 is 0 Å². The zero-order chi connectivity index (χ0) is 20.5. The van der Waals surface area contributed by atoms with Crippen molar-refractivity contribution in [1.82, 2.24) is 10.2 Å². The predicted molar refractivity (Wildman–Crippen MR) is 106 cm³/mol. The molecule has 0 saturated carbocycles. The van der Waals surface area contributed by atoms with Crippen molar-refractivity contribution >= 4 is 21.8 Å². The van der Waals surface area contributed by atoms with Crippen molar-refractivity contribution in [1.29, 1.82) is 0 Å². The largest absolute Gasteiger partial charge is 0.403 e. The standard InChI is InChI=1S/C20H21N3O4S/c1-12(2)28(25,26)17-7-5-6-15(11-17)18(24)21-20-23-22-19(27-20)16-9-8-13(3)14(4)10-16/h5-12H,1-4H3,(H,21,23,24). The summed E-state index contributed by atoms with van der Waals surface area (Å²) in [6.45, 7) is 7.17. The number of hydrogen-bond acceptors (Lipinski definition) is 6. The third-order valence-electron chi connectivity index (χ3n) is 4.44. The molecule has 0 aliphatic rings. The van der Waals surface area contributed by atoms with Crippen LogP contribution in [0.4, 0.5) is 6.01 Å². The molecular formula is C20H21N3O4S. The number of nitrogens with one attached hydrogen (secondary N) is 1. The van der Waals surface area contributed by atoms with Crippen LogP contribution in [0.15, 0.2) is 51.8 Å². The minimum absolute atomic E-state index is 0.0599. The van der Waals surface area contributed by atoms with E-state index in [0.717, 1.165) is 16.7 Å². The van der Waals surface area contributed by atoms with E-state index < -0.39 is 21.0 Å². The van der Waals surface area contributed by atoms with Crippen LogP contribution in [0.2, 0.25) is 0 Å². The lowest BCUT2D eigenvalue weighted by Gasteiger charge is -2.09. The van der Waals surface area contributed by atoms with Gasteiger partial charge in [-0.2, -0.15) is 0 Å². The van der Waals surface area contributed by atoms with Crippen molar-refractivity contribution in [3.05, 3.63) is 59.2 Å². The van der Waals surface area contributed by atoms with Gasteiger partial charge in [-0.15, -0.1) is 5.10 Å². The van der Waals surface area contributed by atoms with E-state index in [1.54, 1.807) is 13.8 Å². The van der Waals surface area contributed by atoms with Gasteiger partial charge in [0.05, 0.1) is 10.1 Å². The molecule has 0 spiro atoms. The molecule has 1 amide bonds. The first kappa shape index (κ1) is 19.8. The minimum Gasteiger partial charge on any atom is -0.403 e. The summed E-state index contributed by atoms with van der Waals surface area (Å²) in [6.07, 6.45) is 0. The van der Waals surface area contributed by atoms with Gasteiger partial charge in [-0.1, -0.05) is 17.2 Å². The fraction of sp³-hybridized carbons (Fsp3) is 0.250. The molecule has 3 aromatic rings. The van der Waals surface area contributed by atoms with Gasteiger partial charge in [-0.05, 0) is 69.2 Å². The van der Waals surface area contributed by atoms with Crippen LogP contribution in [0.5, 0.6) is 0 Å². The minimum atomic E-state index is -3.48. The molecule has 2 aromatic carbocycles. The molecule has 0 aliphatic carbocycles. The molecule has 8 heteroatoms. The van der Waals surface area contributed by atoms with E-state index in [-0.39, 0.29) is 22.4 Å². The van der Waals surface area contributed by atoms with Crippen LogP contribution in [0.3, 0.4) is 0 Å². The number of aryl methyl sites for hydroxylation is 2. The molecule has 0 saturated heterocycles. The topological polar surface area (TPSA) is 102 Å². The molecule has 3 rings (SSSR count). The third-order valence-corrected chi connectivity index (χ3v) is 6.60. The van der Waals surface area contributed by atoms with Gasteiger partial charge < -0.3 is 4.42 Å². The van der Waals surface area contributed by atoms with Gasteiger partial charge in [-0.3, -0.25) is 10.1 Å². The number of aromatic nitrogens is 2. The maximum Gasteiger partial charge on any atom is 0.322 e. The molecule has 0 atom stereocenters. The first-order chi connectivity index (χ1) is 13.2. The van der Waals surface area contributed by atoms with Gasteiger partial charge in [0.25, 0.3) is 5.91 Å². The van der Waals surface area contributed by atoms with Crippen molar-refractivity contribution in [3.8, 4) is 11.5 Å². The number of anilines is 1. The Kier molecular flexibility index (Phi) is 5.33. The summed E-state index contributed by atoms with van der Waals surface area (Å²) in [5.74, 6) is -0.245. The van der Waals surface area contributed by atoms with Gasteiger partial charge in [0.15, 0.2) is 9.84 Å². The molecule has 146 valence electrons. The summed E-state index contributed by atoms with van der Waals surface area (Å²) >= 11 is 0. The summed E-state index contributed by atoms with van der Waals surface area (Å²) in [6, 6.07) is 11.5. The Morgan fingerprint density at radius 1 is 1.04 bits per heavy atom. The first-order valence-electron chi connectivity index (χ1n) is 8.75. The zero-order valence-electron chi connectivity index (χ0n) is 16.1. The van der Waals surface area contributed by atoms with E-state index in [2.05, 4.69) is 15.5 Å². The monoisotopic (exact) mass is 399 g/mol. The fourth-order valence-electron chi connectivity index (χ4n) is 2.52. The molecule has 1 N–H and O–H groups in total. The lowest BCUT2D eigenvalue weighted by Crippen LogP contribution is -2.16. The number of sulfone groups is 1. The van der Waals surface area contributed by atoms with Gasteiger partial charge >= 0.3 is 6.01 Å². The number of rotatable bonds is 5. The summed E-state index contributed by atoms with van der Waals surface area (Å²) in [5, 5.41) is 9.73. The second kappa shape index (κ2) is 7.55. The van der Waals surface area contributed by atoms with Gasteiger partial charge in [-0.25, -0.2) is 8.42 Å². The number of hydrogen-bond donors (Lipinski definition) is 1. The van der Waals surface area contributed by atoms with Crippen LogP contribution in [-0.2, 0) is 9.84 Å². The van der Waals surface area contributed by atoms with E-state index in [4.69, 9.17) is 4.42 Å². The van der Waals surface area contributed by atoms with Crippen molar-refractivity contribution in [2.45, 2.75) is 37.8 Å². The number of benzene rings is 2. The smallest absolute Gasteiger partial charge is 0.322 e. The second-order valence-electron chi connectivity index (χ2n) is 6.79. The normalized spacial score (nSPS) is 11.6. The highest BCUT2D eigenvalue weighted by Gasteiger charge is 2.21. The Bertz CT molecular complexity index is 1130. The molecule has 1 heterocycles. The van der Waals surface area contributed by atoms with Crippen molar-refractivity contribution in [3.63, 3.8) is 0 Å². The van der Waals surface area contributed by atoms with E-state index in [0.29, 0.717) is 0 Å². The van der Waals surface area contributed by atoms with Crippen LogP contribution in [0.25, 0.3) is 11.5 Å². The van der Waals surface area contributed by atoms with Crippen LogP contribution in [-0.4, -0.2) is 29.8 Å². The average Bonchev–Trinajstić information content (AvgIpc) is 3.12. The van der Waals surface area contributed by atoms with Crippen LogP contribution in [0, 0.1) is 13.8 Å². The average molecular weight is 399 g/mol. The van der Waals surface area contributed by atoms with E-state index in [1.807, 2.05) is 32.0 Å². The Morgan fingerprint density at radius 2 is 1.79 bits per heavy atom. The summed E-state index contributed by atoms with van der Waals surface area (Å²) < 4.78 is 30.1. The Labute approximate surface area is 163 Å². The number of nitrogens with zero attached hydrogens (tertiary/aromatic N) is 2. The summed E-state index contributed by atoms with van der Waals surface area (Å²) in [5.41, 5.74) is 3.17. The Morgan fingerprint density at radius 3 is 2.46 bits per heavy atom. The van der Waals surface area contributed by atoms with Crippen molar-refractivity contribution < 1.29 is 17.6 Å². The quantitative estimate of drug-likeness (QED) is 0.700. The molecule has 0 fully saturated rings. The molecule has 0 unspecified atom stereocenters. The van der Waals surface area contributed by atoms with Gasteiger partial charge in [0, 0.05) is 11.1 Å². The van der Waals surface area contributed by atoms with Crippen molar-refractivity contribution in [2.75, 3.05) is 5.32 Å². The summed E-state index contributed by atoms with van der Waals surface area (Å²) in [4.78, 5) is 12.6. The highest BCUT2D eigenvalue weighted by Crippen LogP contribution is 2.23. The lowest BCUT2D eigenvalue weighted by atomic mass is 10.1. The van der Waals surface area contributed by atoms with Gasteiger partial charge in [0.2, 0.25) is 5.89 Å². The van der Waals surface area contributed by atoms with E-state index in [9.17, 15) is 13.2 Å². The SMILES string of the molecule is Cc1ccc(-c2nnc(NC(=O)c3cccc(S(=O)(=O)C(C)C)c3)o2)cc1C. The number of carbonyl (C=O) groups excluding carboxylic acids is 1. The lowest BCUT2D eigenvalue weighted by molar-refractivity contribution is 0.102. The molecule has 0 radical (unpaired) electrons. The molecular weight excluding hydrogens is 378 g/mol. The molecule has 0 aliphatic heterocycles. The molecule has 1 aromatic heterocycles. The van der Waals surface area contributed by atoms with Crippen LogP contribution in [0.1, 0.15) is 35.3 Å². The fourth-order valence-corrected chi connectivity index (χ4v) is 3.62. The molecule has 28 heavy (non-hydrogen) atoms. The first-order valence-corrected chi connectivity index (χ1v) is 10.3. The van der Waals surface area contributed by atoms with Gasteiger partial charge in [0.1, 0.15) is 0 Å². The second-order valence-corrected chi connectivity index (χ2v) is 9.29. The maximum absolute atomic E-state index is 12.5. The van der Waals surface area contributed by atoms with E-state index in [1.165, 1.54) is 24.3 Å². The zero-order valence-corrected chi connectivity index (χ0v) is 16.9. The third kappa shape index (κ3) is 3.96. The van der Waals surface area contributed by atoms with Crippen molar-refractivity contribution in [2.24, 2.45) is 0 Å². The highest BCUT2D eigenvalue weighted by molar-refractivity contribution is 7.92. The Hall–Kier alpha value is -3.00. The molecule has 0 bridgehead atoms. The number of carbonyl (C=O) groups is 1. The highest BCUT2D eigenvalue weighted by atomic mass is 32.2. The summed E-state index contributed by atoms with van der Waals surface area (Å²) in [7, 11) is -3.48. The van der Waals surface area contributed by atoms with E-state index >= 15 is 0 Å².